The van der Waals surface area contributed by atoms with Crippen LogP contribution >= 0.6 is 11.6 Å². The van der Waals surface area contributed by atoms with E-state index in [2.05, 4.69) is 5.32 Å². The molecule has 4 nitrogen and oxygen atoms in total. The van der Waals surface area contributed by atoms with Gasteiger partial charge in [0, 0.05) is 26.2 Å². The Labute approximate surface area is 134 Å². The Kier molecular flexibility index (Phi) is 4.39. The normalized spacial score (nSPS) is 21.1. The first-order valence-corrected chi connectivity index (χ1v) is 7.99. The second-order valence-electron chi connectivity index (χ2n) is 6.06. The number of ether oxygens (including phenoxy) is 1. The van der Waals surface area contributed by atoms with Crippen LogP contribution in [0.1, 0.15) is 28.8 Å². The quantitative estimate of drug-likeness (QED) is 0.861. The Hall–Kier alpha value is -1.17. The Morgan fingerprint density at radius 2 is 2.14 bits per heavy atom. The second kappa shape index (κ2) is 6.14. The van der Waals surface area contributed by atoms with Crippen LogP contribution in [0.25, 0.3) is 0 Å². The van der Waals surface area contributed by atoms with Crippen molar-refractivity contribution >= 4 is 17.5 Å². The number of morpholine rings is 1. The van der Waals surface area contributed by atoms with Gasteiger partial charge in [-0.2, -0.15) is 0 Å². The van der Waals surface area contributed by atoms with Crippen molar-refractivity contribution in [1.82, 2.24) is 10.2 Å². The summed E-state index contributed by atoms with van der Waals surface area (Å²) >= 11 is 5.91. The van der Waals surface area contributed by atoms with E-state index in [9.17, 15) is 9.18 Å². The molecule has 6 heteroatoms. The molecule has 120 valence electrons. The lowest BCUT2D eigenvalue weighted by Gasteiger charge is -2.44. The summed E-state index contributed by atoms with van der Waals surface area (Å²) in [6, 6.07) is 3.19. The molecule has 1 spiro atoms. The molecule has 2 heterocycles. The van der Waals surface area contributed by atoms with Gasteiger partial charge in [0.1, 0.15) is 0 Å². The van der Waals surface area contributed by atoms with Crippen LogP contribution in [0.15, 0.2) is 12.1 Å². The van der Waals surface area contributed by atoms with Crippen LogP contribution in [-0.4, -0.2) is 49.2 Å². The number of benzene rings is 1. The monoisotopic (exact) mass is 326 g/mol. The maximum Gasteiger partial charge on any atom is 0.256 e. The summed E-state index contributed by atoms with van der Waals surface area (Å²) in [4.78, 5) is 14.2. The predicted molar refractivity (Wildman–Crippen MR) is 82.8 cm³/mol. The Bertz CT molecular complexity index is 578. The van der Waals surface area contributed by atoms with Crippen molar-refractivity contribution in [2.24, 2.45) is 0 Å². The highest BCUT2D eigenvalue weighted by Crippen LogP contribution is 2.29. The minimum absolute atomic E-state index is 0.0270. The molecule has 3 rings (SSSR count). The summed E-state index contributed by atoms with van der Waals surface area (Å²) in [5, 5.41) is 3.36. The van der Waals surface area contributed by atoms with Gasteiger partial charge in [0.05, 0.1) is 22.8 Å². The minimum atomic E-state index is -0.623. The van der Waals surface area contributed by atoms with E-state index < -0.39 is 5.82 Å². The molecule has 0 saturated carbocycles. The van der Waals surface area contributed by atoms with Crippen LogP contribution in [0.4, 0.5) is 4.39 Å². The van der Waals surface area contributed by atoms with Gasteiger partial charge in [-0.15, -0.1) is 0 Å². The molecule has 0 bridgehead atoms. The van der Waals surface area contributed by atoms with Gasteiger partial charge >= 0.3 is 0 Å². The largest absolute Gasteiger partial charge is 0.372 e. The van der Waals surface area contributed by atoms with E-state index in [1.165, 1.54) is 6.07 Å². The standard InChI is InChI=1S/C16H20ClFN2O2/c1-11-2-3-12(14(18)13(11)17)15(21)20-7-4-16(5-8-20)10-19-6-9-22-16/h2-3,19H,4-10H2,1H3. The van der Waals surface area contributed by atoms with Crippen molar-refractivity contribution in [1.29, 1.82) is 0 Å². The van der Waals surface area contributed by atoms with Crippen LogP contribution in [0.2, 0.25) is 5.02 Å². The molecule has 1 amide bonds. The van der Waals surface area contributed by atoms with Crippen molar-refractivity contribution in [2.45, 2.75) is 25.4 Å². The number of hydrogen-bond acceptors (Lipinski definition) is 3. The number of aryl methyl sites for hydroxylation is 1. The van der Waals surface area contributed by atoms with Crippen LogP contribution in [0, 0.1) is 12.7 Å². The van der Waals surface area contributed by atoms with E-state index in [0.29, 0.717) is 25.3 Å². The molecule has 0 radical (unpaired) electrons. The molecule has 2 fully saturated rings. The number of nitrogens with zero attached hydrogens (tertiary/aromatic N) is 1. The lowest BCUT2D eigenvalue weighted by atomic mass is 9.89. The van der Waals surface area contributed by atoms with Gasteiger partial charge in [-0.05, 0) is 31.4 Å². The predicted octanol–water partition coefficient (Wildman–Crippen LogP) is 2.38. The molecule has 1 N–H and O–H groups in total. The molecule has 0 unspecified atom stereocenters. The van der Waals surface area contributed by atoms with Crippen molar-refractivity contribution in [2.75, 3.05) is 32.8 Å². The van der Waals surface area contributed by atoms with Crippen molar-refractivity contribution in [3.63, 3.8) is 0 Å². The first-order valence-electron chi connectivity index (χ1n) is 7.61. The second-order valence-corrected chi connectivity index (χ2v) is 6.44. The third-order valence-corrected chi connectivity index (χ3v) is 5.07. The highest BCUT2D eigenvalue weighted by atomic mass is 35.5. The average Bonchev–Trinajstić information content (AvgIpc) is 2.54. The van der Waals surface area contributed by atoms with Gasteiger partial charge < -0.3 is 15.0 Å². The molecule has 1 aromatic carbocycles. The fraction of sp³-hybridized carbons (Fsp3) is 0.562. The van der Waals surface area contributed by atoms with E-state index in [-0.39, 0.29) is 22.1 Å². The van der Waals surface area contributed by atoms with Gasteiger partial charge in [0.15, 0.2) is 5.82 Å². The number of likely N-dealkylation sites (tertiary alicyclic amines) is 1. The molecule has 2 saturated heterocycles. The lowest BCUT2D eigenvalue weighted by molar-refractivity contribution is -0.0954. The van der Waals surface area contributed by atoms with E-state index in [1.54, 1.807) is 17.9 Å². The zero-order valence-corrected chi connectivity index (χ0v) is 13.4. The van der Waals surface area contributed by atoms with Crippen LogP contribution in [0.5, 0.6) is 0 Å². The van der Waals surface area contributed by atoms with E-state index in [1.807, 2.05) is 0 Å². The van der Waals surface area contributed by atoms with Gasteiger partial charge in [-0.25, -0.2) is 4.39 Å². The number of carbonyl (C=O) groups excluding carboxylic acids is 1. The highest BCUT2D eigenvalue weighted by Gasteiger charge is 2.38. The lowest BCUT2D eigenvalue weighted by Crippen LogP contribution is -2.56. The number of halogens is 2. The maximum absolute atomic E-state index is 14.2. The first kappa shape index (κ1) is 15.7. The summed E-state index contributed by atoms with van der Waals surface area (Å²) in [6.45, 7) is 5.27. The smallest absolute Gasteiger partial charge is 0.256 e. The van der Waals surface area contributed by atoms with Crippen LogP contribution in [-0.2, 0) is 4.74 Å². The molecule has 0 aromatic heterocycles. The SMILES string of the molecule is Cc1ccc(C(=O)N2CCC3(CC2)CNCCO3)c(F)c1Cl. The van der Waals surface area contributed by atoms with Crippen LogP contribution in [0.3, 0.4) is 0 Å². The number of piperidine rings is 1. The Morgan fingerprint density at radius 3 is 2.77 bits per heavy atom. The molecule has 2 aliphatic rings. The molecule has 0 atom stereocenters. The molecular weight excluding hydrogens is 307 g/mol. The minimum Gasteiger partial charge on any atom is -0.372 e. The zero-order chi connectivity index (χ0) is 15.7. The topological polar surface area (TPSA) is 41.6 Å². The maximum atomic E-state index is 14.2. The van der Waals surface area contributed by atoms with E-state index in [4.69, 9.17) is 16.3 Å². The molecule has 22 heavy (non-hydrogen) atoms. The molecule has 2 aliphatic heterocycles. The number of rotatable bonds is 1. The van der Waals surface area contributed by atoms with Gasteiger partial charge in [0.2, 0.25) is 0 Å². The molecule has 1 aromatic rings. The van der Waals surface area contributed by atoms with Gasteiger partial charge in [0.25, 0.3) is 5.91 Å². The zero-order valence-electron chi connectivity index (χ0n) is 12.6. The van der Waals surface area contributed by atoms with E-state index >= 15 is 0 Å². The summed E-state index contributed by atoms with van der Waals surface area (Å²) in [6.07, 6.45) is 1.54. The third kappa shape index (κ3) is 2.85. The number of hydrogen-bond donors (Lipinski definition) is 1. The first-order chi connectivity index (χ1) is 10.5. The van der Waals surface area contributed by atoms with E-state index in [0.717, 1.165) is 25.9 Å². The summed E-state index contributed by atoms with van der Waals surface area (Å²) in [7, 11) is 0. The number of amides is 1. The summed E-state index contributed by atoms with van der Waals surface area (Å²) in [5.41, 5.74) is 0.516. The average molecular weight is 327 g/mol. The fourth-order valence-electron chi connectivity index (χ4n) is 3.13. The van der Waals surface area contributed by atoms with Crippen LogP contribution < -0.4 is 5.32 Å². The number of carbonyl (C=O) groups is 1. The highest BCUT2D eigenvalue weighted by molar-refractivity contribution is 6.31. The fourth-order valence-corrected chi connectivity index (χ4v) is 3.29. The summed E-state index contributed by atoms with van der Waals surface area (Å²) in [5.74, 6) is -0.916. The van der Waals surface area contributed by atoms with Gasteiger partial charge in [-0.3, -0.25) is 4.79 Å². The molecule has 0 aliphatic carbocycles. The van der Waals surface area contributed by atoms with Gasteiger partial charge in [-0.1, -0.05) is 17.7 Å². The number of nitrogens with one attached hydrogen (secondary N) is 1. The van der Waals surface area contributed by atoms with Crippen molar-refractivity contribution in [3.05, 3.63) is 34.1 Å². The van der Waals surface area contributed by atoms with Crippen molar-refractivity contribution < 1.29 is 13.9 Å². The van der Waals surface area contributed by atoms with Crippen molar-refractivity contribution in [3.8, 4) is 0 Å². The summed E-state index contributed by atoms with van der Waals surface area (Å²) < 4.78 is 20.1. The molecular formula is C16H20ClFN2O2. The third-order valence-electron chi connectivity index (χ3n) is 4.60. The Balaban J connectivity index is 1.71. The Morgan fingerprint density at radius 1 is 1.41 bits per heavy atom.